The van der Waals surface area contributed by atoms with E-state index in [2.05, 4.69) is 44.2 Å². The average Bonchev–Trinajstić information content (AvgIpc) is 2.94. The van der Waals surface area contributed by atoms with Crippen molar-refractivity contribution in [3.63, 3.8) is 0 Å². The Bertz CT molecular complexity index is 1080. The Labute approximate surface area is 176 Å². The van der Waals surface area contributed by atoms with Gasteiger partial charge in [-0.15, -0.1) is 11.8 Å². The molecule has 0 bridgehead atoms. The lowest BCUT2D eigenvalue weighted by Gasteiger charge is -2.59. The molecule has 0 amide bonds. The number of Topliss-reactive ketones (excluding diaryl/α,β-unsaturated/α-hetero) is 1. The Morgan fingerprint density at radius 2 is 1.86 bits per heavy atom. The third-order valence-electron chi connectivity index (χ3n) is 6.73. The molecule has 5 rings (SSSR count). The van der Waals surface area contributed by atoms with Gasteiger partial charge in [-0.05, 0) is 49.1 Å². The van der Waals surface area contributed by atoms with Crippen LogP contribution in [0.5, 0.6) is 0 Å². The van der Waals surface area contributed by atoms with Gasteiger partial charge in [0.1, 0.15) is 0 Å². The predicted molar refractivity (Wildman–Crippen MR) is 119 cm³/mol. The van der Waals surface area contributed by atoms with Crippen molar-refractivity contribution in [3.8, 4) is 0 Å². The second-order valence-corrected chi connectivity index (χ2v) is 9.79. The van der Waals surface area contributed by atoms with Crippen LogP contribution in [0.3, 0.4) is 0 Å². The van der Waals surface area contributed by atoms with Crippen molar-refractivity contribution in [2.75, 3.05) is 0 Å². The van der Waals surface area contributed by atoms with Gasteiger partial charge in [0.25, 0.3) is 0 Å². The molecule has 0 saturated heterocycles. The molecule has 1 fully saturated rings. The van der Waals surface area contributed by atoms with Crippen LogP contribution in [0, 0.1) is 6.92 Å². The molecular formula is C26H25NOS. The summed E-state index contributed by atoms with van der Waals surface area (Å²) in [7, 11) is 0. The molecule has 1 aliphatic carbocycles. The van der Waals surface area contributed by atoms with Crippen LogP contribution in [0.2, 0.25) is 0 Å². The van der Waals surface area contributed by atoms with E-state index in [1.54, 1.807) is 0 Å². The molecule has 3 heteroatoms. The van der Waals surface area contributed by atoms with Gasteiger partial charge >= 0.3 is 0 Å². The van der Waals surface area contributed by atoms with Gasteiger partial charge in [-0.2, -0.15) is 0 Å². The van der Waals surface area contributed by atoms with Gasteiger partial charge in [-0.3, -0.25) is 9.78 Å². The lowest BCUT2D eigenvalue weighted by Crippen LogP contribution is -2.65. The molecule has 0 radical (unpaired) electrons. The second kappa shape index (κ2) is 6.84. The van der Waals surface area contributed by atoms with Gasteiger partial charge in [-0.1, -0.05) is 61.9 Å². The molecule has 0 unspecified atom stereocenters. The van der Waals surface area contributed by atoms with E-state index in [4.69, 9.17) is 4.98 Å². The van der Waals surface area contributed by atoms with Crippen molar-refractivity contribution in [1.29, 1.82) is 0 Å². The highest BCUT2D eigenvalue weighted by Gasteiger charge is 2.73. The number of rotatable bonds is 5. The van der Waals surface area contributed by atoms with Crippen LogP contribution in [0.25, 0.3) is 0 Å². The molecule has 2 heterocycles. The third-order valence-corrected chi connectivity index (χ3v) is 8.39. The molecule has 29 heavy (non-hydrogen) atoms. The summed E-state index contributed by atoms with van der Waals surface area (Å²) in [4.78, 5) is 20.3. The number of aromatic nitrogens is 1. The first-order valence-corrected chi connectivity index (χ1v) is 11.2. The number of fused-ring (bicyclic) bond motifs is 3. The molecule has 3 aromatic rings. The summed E-state index contributed by atoms with van der Waals surface area (Å²) >= 11 is 1.93. The number of ketones is 1. The van der Waals surface area contributed by atoms with E-state index in [0.29, 0.717) is 0 Å². The molecule has 0 spiro atoms. The molecular weight excluding hydrogens is 374 g/mol. The van der Waals surface area contributed by atoms with E-state index in [1.165, 1.54) is 16.0 Å². The van der Waals surface area contributed by atoms with Gasteiger partial charge < -0.3 is 0 Å². The lowest BCUT2D eigenvalue weighted by atomic mass is 9.45. The Morgan fingerprint density at radius 3 is 2.62 bits per heavy atom. The first-order valence-electron chi connectivity index (χ1n) is 10.4. The molecule has 1 aliphatic heterocycles. The zero-order chi connectivity index (χ0) is 20.1. The van der Waals surface area contributed by atoms with Crippen LogP contribution in [-0.2, 0) is 5.41 Å². The summed E-state index contributed by atoms with van der Waals surface area (Å²) in [5.41, 5.74) is 3.71. The van der Waals surface area contributed by atoms with Gasteiger partial charge in [0, 0.05) is 33.0 Å². The summed E-state index contributed by atoms with van der Waals surface area (Å²) in [6, 6.07) is 22.6. The number of pyridine rings is 1. The zero-order valence-corrected chi connectivity index (χ0v) is 17.7. The fraction of sp³-hybridized carbons (Fsp3) is 0.308. The minimum absolute atomic E-state index is 0.0888. The second-order valence-electron chi connectivity index (χ2n) is 8.36. The molecule has 2 nitrogen and oxygen atoms in total. The summed E-state index contributed by atoms with van der Waals surface area (Å²) in [6.45, 7) is 4.33. The van der Waals surface area contributed by atoms with E-state index in [1.807, 2.05) is 54.4 Å². The maximum Gasteiger partial charge on any atom is 0.175 e. The SMILES string of the molecule is CCC[C@]12C[C@H](c3cc(C)ccn3)[C@@]1(C(=O)c1ccccc1)c1ccccc1S2. The fourth-order valence-corrected chi connectivity index (χ4v) is 7.58. The Kier molecular flexibility index (Phi) is 4.40. The minimum Gasteiger partial charge on any atom is -0.293 e. The number of carbonyl (C=O) groups excluding carboxylic acids is 1. The highest BCUT2D eigenvalue weighted by molar-refractivity contribution is 8.01. The van der Waals surface area contributed by atoms with Gasteiger partial charge in [0.05, 0.1) is 5.41 Å². The zero-order valence-electron chi connectivity index (χ0n) is 16.9. The van der Waals surface area contributed by atoms with Crippen LogP contribution in [0.1, 0.15) is 59.3 Å². The van der Waals surface area contributed by atoms with E-state index in [0.717, 1.165) is 30.5 Å². The molecule has 1 aromatic heterocycles. The van der Waals surface area contributed by atoms with Crippen molar-refractivity contribution < 1.29 is 4.79 Å². The van der Waals surface area contributed by atoms with Crippen LogP contribution >= 0.6 is 11.8 Å². The monoisotopic (exact) mass is 399 g/mol. The maximum absolute atomic E-state index is 14.3. The van der Waals surface area contributed by atoms with Crippen LogP contribution in [0.15, 0.2) is 77.8 Å². The maximum atomic E-state index is 14.3. The van der Waals surface area contributed by atoms with E-state index in [-0.39, 0.29) is 16.4 Å². The number of thioether (sulfide) groups is 1. The standard InChI is InChI=1S/C26H25NOS/c1-3-14-25-17-21(22-16-18(2)13-15-27-22)26(25,20-11-7-8-12-23(20)29-25)24(28)19-9-5-4-6-10-19/h4-13,15-16,21H,3,14,17H2,1-2H3/t21-,25+,26-/m1/s1. The molecule has 1 saturated carbocycles. The van der Waals surface area contributed by atoms with E-state index in [9.17, 15) is 4.79 Å². The summed E-state index contributed by atoms with van der Waals surface area (Å²) in [6.07, 6.45) is 4.99. The third kappa shape index (κ3) is 2.50. The number of benzene rings is 2. The highest BCUT2D eigenvalue weighted by Crippen LogP contribution is 2.75. The summed E-state index contributed by atoms with van der Waals surface area (Å²) < 4.78 is -0.0888. The average molecular weight is 400 g/mol. The molecule has 2 aromatic carbocycles. The van der Waals surface area contributed by atoms with Gasteiger partial charge in [0.15, 0.2) is 5.78 Å². The summed E-state index contributed by atoms with van der Waals surface area (Å²) in [5, 5.41) is 0. The van der Waals surface area contributed by atoms with Crippen molar-refractivity contribution in [3.05, 3.63) is 95.3 Å². The summed E-state index contributed by atoms with van der Waals surface area (Å²) in [5.74, 6) is 0.362. The number of hydrogen-bond acceptors (Lipinski definition) is 3. The van der Waals surface area contributed by atoms with Crippen LogP contribution < -0.4 is 0 Å². The quantitative estimate of drug-likeness (QED) is 0.469. The topological polar surface area (TPSA) is 30.0 Å². The molecule has 0 N–H and O–H groups in total. The molecule has 2 aliphatic rings. The number of aryl methyl sites for hydroxylation is 1. The number of carbonyl (C=O) groups is 1. The first kappa shape index (κ1) is 18.6. The largest absolute Gasteiger partial charge is 0.293 e. The van der Waals surface area contributed by atoms with Gasteiger partial charge in [-0.25, -0.2) is 0 Å². The van der Waals surface area contributed by atoms with E-state index >= 15 is 0 Å². The predicted octanol–water partition coefficient (Wildman–Crippen LogP) is 6.34. The smallest absolute Gasteiger partial charge is 0.175 e. The lowest BCUT2D eigenvalue weighted by molar-refractivity contribution is 0.0585. The van der Waals surface area contributed by atoms with Crippen molar-refractivity contribution >= 4 is 17.5 Å². The van der Waals surface area contributed by atoms with Crippen LogP contribution in [-0.4, -0.2) is 15.5 Å². The molecule has 3 atom stereocenters. The Balaban J connectivity index is 1.76. The van der Waals surface area contributed by atoms with E-state index < -0.39 is 5.41 Å². The molecule has 146 valence electrons. The fourth-order valence-electron chi connectivity index (χ4n) is 5.61. The Hall–Kier alpha value is -2.39. The van der Waals surface area contributed by atoms with Crippen molar-refractivity contribution in [1.82, 2.24) is 4.98 Å². The number of hydrogen-bond donors (Lipinski definition) is 0. The highest BCUT2D eigenvalue weighted by atomic mass is 32.2. The van der Waals surface area contributed by atoms with Crippen LogP contribution in [0.4, 0.5) is 0 Å². The Morgan fingerprint density at radius 1 is 1.10 bits per heavy atom. The normalized spacial score (nSPS) is 27.0. The number of nitrogens with zero attached hydrogens (tertiary/aromatic N) is 1. The minimum atomic E-state index is -0.549. The van der Waals surface area contributed by atoms with Gasteiger partial charge in [0.2, 0.25) is 0 Å². The van der Waals surface area contributed by atoms with Crippen molar-refractivity contribution in [2.45, 2.75) is 54.1 Å². The first-order chi connectivity index (χ1) is 14.1. The van der Waals surface area contributed by atoms with Crippen molar-refractivity contribution in [2.24, 2.45) is 0 Å².